The van der Waals surface area contributed by atoms with Crippen molar-refractivity contribution in [2.75, 3.05) is 29.9 Å². The molecule has 0 aromatic heterocycles. The molecule has 140 valence electrons. The largest absolute Gasteiger partial charge is 0.463 e. The zero-order chi connectivity index (χ0) is 19.2. The highest BCUT2D eigenvalue weighted by atomic mass is 16.5. The second kappa shape index (κ2) is 8.59. The fourth-order valence-electron chi connectivity index (χ4n) is 3.42. The van der Waals surface area contributed by atoms with Crippen LogP contribution in [0.15, 0.2) is 42.5 Å². The van der Waals surface area contributed by atoms with E-state index in [0.29, 0.717) is 5.56 Å². The fraction of sp³-hybridized carbons (Fsp3) is 0.364. The van der Waals surface area contributed by atoms with Crippen LogP contribution >= 0.6 is 0 Å². The number of aryl methyl sites for hydroxylation is 1. The molecule has 1 saturated heterocycles. The zero-order valence-corrected chi connectivity index (χ0v) is 15.9. The Hall–Kier alpha value is -3.00. The van der Waals surface area contributed by atoms with E-state index in [4.69, 9.17) is 10.00 Å². The van der Waals surface area contributed by atoms with Crippen molar-refractivity contribution in [3.8, 4) is 6.07 Å². The van der Waals surface area contributed by atoms with Crippen LogP contribution in [0.5, 0.6) is 0 Å². The molecule has 1 heterocycles. The van der Waals surface area contributed by atoms with Crippen LogP contribution in [0.2, 0.25) is 0 Å². The summed E-state index contributed by atoms with van der Waals surface area (Å²) in [5, 5.41) is 12.4. The molecule has 2 aromatic rings. The summed E-state index contributed by atoms with van der Waals surface area (Å²) < 4.78 is 5.31. The number of nitriles is 1. The minimum atomic E-state index is -0.297. The summed E-state index contributed by atoms with van der Waals surface area (Å²) in [5.41, 5.74) is 4.99. The van der Waals surface area contributed by atoms with Crippen LogP contribution in [0.4, 0.5) is 11.4 Å². The van der Waals surface area contributed by atoms with Gasteiger partial charge in [-0.1, -0.05) is 6.07 Å². The summed E-state index contributed by atoms with van der Waals surface area (Å²) in [6.45, 7) is 5.93. The van der Waals surface area contributed by atoms with Crippen molar-refractivity contribution in [2.45, 2.75) is 32.7 Å². The van der Waals surface area contributed by atoms with Crippen LogP contribution in [0, 0.1) is 18.3 Å². The SMILES string of the molecule is CC(=O)OCC(Nc1ccc(C#N)cc1)c1cc(C)cc(N2CCCC2)c1. The molecule has 1 fully saturated rings. The van der Waals surface area contributed by atoms with Gasteiger partial charge in [-0.3, -0.25) is 4.79 Å². The quantitative estimate of drug-likeness (QED) is 0.780. The van der Waals surface area contributed by atoms with E-state index in [9.17, 15) is 4.79 Å². The lowest BCUT2D eigenvalue weighted by molar-refractivity contribution is -0.141. The summed E-state index contributed by atoms with van der Waals surface area (Å²) >= 11 is 0. The second-order valence-electron chi connectivity index (χ2n) is 6.98. The molecule has 0 aliphatic carbocycles. The average Bonchev–Trinajstić information content (AvgIpc) is 3.20. The predicted octanol–water partition coefficient (Wildman–Crippen LogP) is 4.18. The Morgan fingerprint density at radius 1 is 1.22 bits per heavy atom. The topological polar surface area (TPSA) is 65.4 Å². The van der Waals surface area contributed by atoms with Gasteiger partial charge in [0, 0.05) is 31.4 Å². The maximum absolute atomic E-state index is 11.4. The summed E-state index contributed by atoms with van der Waals surface area (Å²) in [4.78, 5) is 13.8. The molecule has 0 amide bonds. The number of benzene rings is 2. The number of anilines is 2. The van der Waals surface area contributed by atoms with Gasteiger partial charge in [-0.15, -0.1) is 0 Å². The standard InChI is InChI=1S/C22H25N3O2/c1-16-11-19(13-21(12-16)25-9-3-4-10-25)22(15-27-17(2)26)24-20-7-5-18(14-23)6-8-20/h5-8,11-13,22,24H,3-4,9-10,15H2,1-2H3. The summed E-state index contributed by atoms with van der Waals surface area (Å²) in [6, 6.07) is 15.8. The summed E-state index contributed by atoms with van der Waals surface area (Å²) in [5.74, 6) is -0.297. The van der Waals surface area contributed by atoms with Gasteiger partial charge >= 0.3 is 5.97 Å². The van der Waals surface area contributed by atoms with Gasteiger partial charge in [0.1, 0.15) is 6.61 Å². The minimum absolute atomic E-state index is 0.164. The van der Waals surface area contributed by atoms with E-state index in [1.807, 2.05) is 12.1 Å². The van der Waals surface area contributed by atoms with Gasteiger partial charge in [0.25, 0.3) is 0 Å². The summed E-state index contributed by atoms with van der Waals surface area (Å²) in [7, 11) is 0. The van der Waals surface area contributed by atoms with E-state index in [0.717, 1.165) is 24.3 Å². The van der Waals surface area contributed by atoms with Gasteiger partial charge in [-0.2, -0.15) is 5.26 Å². The first kappa shape index (κ1) is 18.8. The van der Waals surface area contributed by atoms with E-state index in [1.54, 1.807) is 12.1 Å². The highest BCUT2D eigenvalue weighted by molar-refractivity contribution is 5.66. The molecule has 0 radical (unpaired) electrons. The van der Waals surface area contributed by atoms with Crippen molar-refractivity contribution in [3.05, 3.63) is 59.2 Å². The van der Waals surface area contributed by atoms with Crippen molar-refractivity contribution in [2.24, 2.45) is 0 Å². The number of carbonyl (C=O) groups excluding carboxylic acids is 1. The molecule has 1 atom stereocenters. The van der Waals surface area contributed by atoms with Gasteiger partial charge in [-0.05, 0) is 67.3 Å². The molecule has 0 saturated carbocycles. The smallest absolute Gasteiger partial charge is 0.302 e. The van der Waals surface area contributed by atoms with Crippen molar-refractivity contribution in [1.82, 2.24) is 0 Å². The first-order valence-corrected chi connectivity index (χ1v) is 9.32. The maximum atomic E-state index is 11.4. The lowest BCUT2D eigenvalue weighted by atomic mass is 10.0. The third-order valence-electron chi connectivity index (χ3n) is 4.77. The molecule has 0 spiro atoms. The van der Waals surface area contributed by atoms with Crippen LogP contribution < -0.4 is 10.2 Å². The number of rotatable bonds is 6. The first-order chi connectivity index (χ1) is 13.0. The van der Waals surface area contributed by atoms with E-state index in [2.05, 4.69) is 41.4 Å². The van der Waals surface area contributed by atoms with Crippen molar-refractivity contribution < 1.29 is 9.53 Å². The zero-order valence-electron chi connectivity index (χ0n) is 15.9. The number of hydrogen-bond donors (Lipinski definition) is 1. The van der Waals surface area contributed by atoms with Gasteiger partial charge in [-0.25, -0.2) is 0 Å². The van der Waals surface area contributed by atoms with Crippen LogP contribution in [0.25, 0.3) is 0 Å². The molecule has 5 nitrogen and oxygen atoms in total. The number of esters is 1. The molecule has 2 aromatic carbocycles. The van der Waals surface area contributed by atoms with E-state index < -0.39 is 0 Å². The molecule has 3 rings (SSSR count). The van der Waals surface area contributed by atoms with Crippen molar-refractivity contribution in [1.29, 1.82) is 5.26 Å². The Morgan fingerprint density at radius 2 is 1.93 bits per heavy atom. The molecular weight excluding hydrogens is 338 g/mol. The van der Waals surface area contributed by atoms with E-state index in [1.165, 1.54) is 31.0 Å². The Bertz CT molecular complexity index is 834. The second-order valence-corrected chi connectivity index (χ2v) is 6.98. The molecule has 1 aliphatic heterocycles. The molecule has 1 aliphatic rings. The fourth-order valence-corrected chi connectivity index (χ4v) is 3.42. The average molecular weight is 363 g/mol. The third kappa shape index (κ3) is 5.01. The van der Waals surface area contributed by atoms with E-state index >= 15 is 0 Å². The lowest BCUT2D eigenvalue weighted by Gasteiger charge is -2.24. The maximum Gasteiger partial charge on any atom is 0.302 e. The van der Waals surface area contributed by atoms with Gasteiger partial charge in [0.2, 0.25) is 0 Å². The first-order valence-electron chi connectivity index (χ1n) is 9.32. The predicted molar refractivity (Wildman–Crippen MR) is 107 cm³/mol. The number of ether oxygens (including phenoxy) is 1. The van der Waals surface area contributed by atoms with Crippen molar-refractivity contribution >= 4 is 17.3 Å². The van der Waals surface area contributed by atoms with Gasteiger partial charge in [0.15, 0.2) is 0 Å². The van der Waals surface area contributed by atoms with Crippen LogP contribution in [0.1, 0.15) is 42.5 Å². The number of nitrogens with zero attached hydrogens (tertiary/aromatic N) is 2. The van der Waals surface area contributed by atoms with Gasteiger partial charge < -0.3 is 15.0 Å². The number of hydrogen-bond acceptors (Lipinski definition) is 5. The van der Waals surface area contributed by atoms with Crippen LogP contribution in [0.3, 0.4) is 0 Å². The molecule has 27 heavy (non-hydrogen) atoms. The van der Waals surface area contributed by atoms with Crippen molar-refractivity contribution in [3.63, 3.8) is 0 Å². The molecule has 0 bridgehead atoms. The van der Waals surface area contributed by atoms with Crippen LogP contribution in [-0.4, -0.2) is 25.7 Å². The Labute approximate surface area is 160 Å². The van der Waals surface area contributed by atoms with E-state index in [-0.39, 0.29) is 18.6 Å². The third-order valence-corrected chi connectivity index (χ3v) is 4.77. The van der Waals surface area contributed by atoms with Gasteiger partial charge in [0.05, 0.1) is 17.7 Å². The Balaban J connectivity index is 1.87. The monoisotopic (exact) mass is 363 g/mol. The normalized spacial score (nSPS) is 14.5. The lowest BCUT2D eigenvalue weighted by Crippen LogP contribution is -2.21. The Morgan fingerprint density at radius 3 is 2.56 bits per heavy atom. The number of carbonyl (C=O) groups is 1. The minimum Gasteiger partial charge on any atom is -0.463 e. The summed E-state index contributed by atoms with van der Waals surface area (Å²) in [6.07, 6.45) is 2.45. The Kier molecular flexibility index (Phi) is 5.97. The molecule has 5 heteroatoms. The van der Waals surface area contributed by atoms with Crippen LogP contribution in [-0.2, 0) is 9.53 Å². The molecule has 1 N–H and O–H groups in total. The molecular formula is C22H25N3O2. The highest BCUT2D eigenvalue weighted by Crippen LogP contribution is 2.28. The highest BCUT2D eigenvalue weighted by Gasteiger charge is 2.18. The molecule has 1 unspecified atom stereocenters. The number of nitrogens with one attached hydrogen (secondary N) is 1.